The van der Waals surface area contributed by atoms with Crippen LogP contribution < -0.4 is 15.8 Å². The van der Waals surface area contributed by atoms with Gasteiger partial charge in [-0.2, -0.15) is 0 Å². The maximum atomic E-state index is 14.0. The monoisotopic (exact) mass is 497 g/mol. The number of anilines is 2. The fourth-order valence-corrected chi connectivity index (χ4v) is 5.99. The van der Waals surface area contributed by atoms with Gasteiger partial charge in [-0.05, 0) is 37.8 Å². The van der Waals surface area contributed by atoms with Gasteiger partial charge >= 0.3 is 0 Å². The third kappa shape index (κ3) is 5.54. The minimum atomic E-state index is -3.54. The molecule has 0 radical (unpaired) electrons. The van der Waals surface area contributed by atoms with Crippen molar-refractivity contribution in [2.45, 2.75) is 43.5 Å². The molecule has 0 aliphatic heterocycles. The average Bonchev–Trinajstić information content (AvgIpc) is 3.38. The summed E-state index contributed by atoms with van der Waals surface area (Å²) in [5, 5.41) is 7.17. The second kappa shape index (κ2) is 9.53. The number of halogens is 2. The highest BCUT2D eigenvalue weighted by molar-refractivity contribution is 7.88. The van der Waals surface area contributed by atoms with Gasteiger partial charge in [-0.15, -0.1) is 0 Å². The van der Waals surface area contributed by atoms with Crippen LogP contribution in [0, 0.1) is 11.6 Å². The molecule has 1 saturated carbocycles. The number of aromatic nitrogens is 2. The standard InChI is InChI=1S/C20H21F2N5O4S2/c21-14-2-1-3-15(22)16(14)17(28)18-19(23)25-20(32-18)24-11-4-6-12(7-5-11)27-33(29,30)10-13-8-9-31-26-13/h1-3,8-9,11-12,27H,4-7,10,23H2,(H,24,25). The van der Waals surface area contributed by atoms with Crippen molar-refractivity contribution < 1.29 is 26.5 Å². The van der Waals surface area contributed by atoms with Crippen molar-refractivity contribution in [3.8, 4) is 0 Å². The predicted octanol–water partition coefficient (Wildman–Crippen LogP) is 3.07. The molecule has 9 nitrogen and oxygen atoms in total. The lowest BCUT2D eigenvalue weighted by molar-refractivity contribution is 0.103. The predicted molar refractivity (Wildman–Crippen MR) is 118 cm³/mol. The van der Waals surface area contributed by atoms with Gasteiger partial charge in [0.2, 0.25) is 15.8 Å². The van der Waals surface area contributed by atoms with Crippen LogP contribution >= 0.6 is 11.3 Å². The van der Waals surface area contributed by atoms with Crippen molar-refractivity contribution in [2.24, 2.45) is 0 Å². The van der Waals surface area contributed by atoms with E-state index in [0.717, 1.165) is 23.5 Å². The third-order valence-corrected chi connectivity index (χ3v) is 7.65. The lowest BCUT2D eigenvalue weighted by Crippen LogP contribution is -2.40. The minimum Gasteiger partial charge on any atom is -0.382 e. The van der Waals surface area contributed by atoms with Crippen molar-refractivity contribution in [2.75, 3.05) is 11.1 Å². The summed E-state index contributed by atoms with van der Waals surface area (Å²) in [4.78, 5) is 16.7. The van der Waals surface area contributed by atoms with E-state index >= 15 is 0 Å². The molecule has 0 atom stereocenters. The highest BCUT2D eigenvalue weighted by Gasteiger charge is 2.28. The number of rotatable bonds is 8. The number of nitrogens with two attached hydrogens (primary N) is 1. The zero-order valence-electron chi connectivity index (χ0n) is 17.3. The Morgan fingerprint density at radius 3 is 2.45 bits per heavy atom. The number of carbonyl (C=O) groups excluding carboxylic acids is 1. The molecule has 2 heterocycles. The normalized spacial score (nSPS) is 18.8. The number of hydrogen-bond acceptors (Lipinski definition) is 9. The molecule has 1 aliphatic carbocycles. The second-order valence-corrected chi connectivity index (χ2v) is 10.5. The molecule has 0 spiro atoms. The summed E-state index contributed by atoms with van der Waals surface area (Å²) in [7, 11) is -3.54. The molecular formula is C20H21F2N5O4S2. The number of benzene rings is 1. The van der Waals surface area contributed by atoms with Crippen molar-refractivity contribution in [1.29, 1.82) is 0 Å². The van der Waals surface area contributed by atoms with E-state index in [2.05, 4.69) is 24.7 Å². The Morgan fingerprint density at radius 1 is 1.15 bits per heavy atom. The number of nitrogens with zero attached hydrogens (tertiary/aromatic N) is 2. The lowest BCUT2D eigenvalue weighted by Gasteiger charge is -2.29. The summed E-state index contributed by atoms with van der Waals surface area (Å²) >= 11 is 0.929. The topological polar surface area (TPSA) is 140 Å². The number of carbonyl (C=O) groups is 1. The van der Waals surface area contributed by atoms with Crippen LogP contribution in [0.15, 0.2) is 35.1 Å². The zero-order valence-corrected chi connectivity index (χ0v) is 18.9. The molecule has 1 aromatic carbocycles. The Balaban J connectivity index is 1.34. The van der Waals surface area contributed by atoms with Crippen molar-refractivity contribution in [3.05, 3.63) is 58.3 Å². The van der Waals surface area contributed by atoms with Gasteiger partial charge < -0.3 is 15.6 Å². The van der Waals surface area contributed by atoms with Crippen molar-refractivity contribution >= 4 is 38.1 Å². The molecule has 0 unspecified atom stereocenters. The van der Waals surface area contributed by atoms with Crippen molar-refractivity contribution in [1.82, 2.24) is 14.9 Å². The van der Waals surface area contributed by atoms with E-state index in [1.54, 1.807) is 0 Å². The lowest BCUT2D eigenvalue weighted by atomic mass is 9.92. The van der Waals surface area contributed by atoms with E-state index in [4.69, 9.17) is 5.73 Å². The number of nitrogens with one attached hydrogen (secondary N) is 2. The fraction of sp³-hybridized carbons (Fsp3) is 0.350. The second-order valence-electron chi connectivity index (χ2n) is 7.72. The molecule has 176 valence electrons. The Hall–Kier alpha value is -2.90. The first-order valence-electron chi connectivity index (χ1n) is 10.1. The highest BCUT2D eigenvalue weighted by atomic mass is 32.2. The first kappa shape index (κ1) is 23.3. The molecule has 13 heteroatoms. The van der Waals surface area contributed by atoms with Crippen LogP contribution in [0.3, 0.4) is 0 Å². The quantitative estimate of drug-likeness (QED) is 0.404. The number of sulfonamides is 1. The van der Waals surface area contributed by atoms with Crippen LogP contribution in [0.5, 0.6) is 0 Å². The van der Waals surface area contributed by atoms with Crippen LogP contribution in [0.2, 0.25) is 0 Å². The van der Waals surface area contributed by atoms with Crippen LogP contribution in [-0.4, -0.2) is 36.4 Å². The Bertz CT molecular complexity index is 1220. The largest absolute Gasteiger partial charge is 0.382 e. The molecule has 4 rings (SSSR count). The molecule has 3 aromatic rings. The Labute approximate surface area is 192 Å². The molecule has 33 heavy (non-hydrogen) atoms. The number of nitrogen functional groups attached to an aromatic ring is 1. The van der Waals surface area contributed by atoms with Gasteiger partial charge in [0.1, 0.15) is 34.3 Å². The first-order valence-corrected chi connectivity index (χ1v) is 12.6. The summed E-state index contributed by atoms with van der Waals surface area (Å²) in [6, 6.07) is 4.47. The molecule has 1 fully saturated rings. The minimum absolute atomic E-state index is 0.0139. The number of hydrogen-bond donors (Lipinski definition) is 3. The maximum absolute atomic E-state index is 14.0. The van der Waals surface area contributed by atoms with Gasteiger partial charge in [-0.3, -0.25) is 4.79 Å². The smallest absolute Gasteiger partial charge is 0.217 e. The third-order valence-electron chi connectivity index (χ3n) is 5.28. The molecule has 0 amide bonds. The van der Waals surface area contributed by atoms with E-state index in [9.17, 15) is 22.0 Å². The molecule has 4 N–H and O–H groups in total. The summed E-state index contributed by atoms with van der Waals surface area (Å²) in [6.45, 7) is 0. The Morgan fingerprint density at radius 2 is 1.82 bits per heavy atom. The van der Waals surface area contributed by atoms with E-state index in [0.29, 0.717) is 36.5 Å². The summed E-state index contributed by atoms with van der Waals surface area (Å²) < 4.78 is 59.9. The molecule has 0 bridgehead atoms. The summed E-state index contributed by atoms with van der Waals surface area (Å²) in [6.07, 6.45) is 3.83. The first-order chi connectivity index (χ1) is 15.7. The summed E-state index contributed by atoms with van der Waals surface area (Å²) in [5.74, 6) is -3.15. The number of thiazole rings is 1. The number of ketones is 1. The van der Waals surface area contributed by atoms with E-state index in [-0.39, 0.29) is 28.5 Å². The van der Waals surface area contributed by atoms with Gasteiger partial charge in [0.05, 0.1) is 11.3 Å². The van der Waals surface area contributed by atoms with Gasteiger partial charge in [-0.25, -0.2) is 26.9 Å². The molecule has 2 aromatic heterocycles. The van der Waals surface area contributed by atoms with Crippen LogP contribution in [0.1, 0.15) is 46.6 Å². The molecular weight excluding hydrogens is 476 g/mol. The molecule has 0 saturated heterocycles. The van der Waals surface area contributed by atoms with E-state index in [1.807, 2.05) is 0 Å². The van der Waals surface area contributed by atoms with E-state index < -0.39 is 33.0 Å². The average molecular weight is 498 g/mol. The van der Waals surface area contributed by atoms with Gasteiger partial charge in [-0.1, -0.05) is 22.6 Å². The summed E-state index contributed by atoms with van der Waals surface area (Å²) in [5.41, 5.74) is 5.50. The highest BCUT2D eigenvalue weighted by Crippen LogP contribution is 2.31. The van der Waals surface area contributed by atoms with Crippen LogP contribution in [0.25, 0.3) is 0 Å². The zero-order chi connectivity index (χ0) is 23.6. The van der Waals surface area contributed by atoms with E-state index in [1.165, 1.54) is 18.4 Å². The van der Waals surface area contributed by atoms with Crippen LogP contribution in [-0.2, 0) is 15.8 Å². The Kier molecular flexibility index (Phi) is 6.72. The van der Waals surface area contributed by atoms with Gasteiger partial charge in [0, 0.05) is 18.2 Å². The SMILES string of the molecule is Nc1nc(NC2CCC(NS(=O)(=O)Cc3ccon3)CC2)sc1C(=O)c1c(F)cccc1F. The van der Waals surface area contributed by atoms with Crippen molar-refractivity contribution in [3.63, 3.8) is 0 Å². The fourth-order valence-electron chi connectivity index (χ4n) is 3.72. The molecule has 1 aliphatic rings. The van der Waals surface area contributed by atoms with Gasteiger partial charge in [0.25, 0.3) is 0 Å². The van der Waals surface area contributed by atoms with Crippen LogP contribution in [0.4, 0.5) is 19.7 Å². The van der Waals surface area contributed by atoms with Gasteiger partial charge in [0.15, 0.2) is 5.13 Å². The maximum Gasteiger partial charge on any atom is 0.217 e.